The van der Waals surface area contributed by atoms with Crippen LogP contribution in [-0.2, 0) is 11.2 Å². The number of carbonyl (C=O) groups is 1. The molecular weight excluding hydrogens is 330 g/mol. The van der Waals surface area contributed by atoms with Crippen molar-refractivity contribution in [3.05, 3.63) is 24.2 Å². The molecule has 1 unspecified atom stereocenters. The van der Waals surface area contributed by atoms with Crippen molar-refractivity contribution < 1.29 is 19.5 Å². The summed E-state index contributed by atoms with van der Waals surface area (Å²) in [5, 5.41) is 18.1. The summed E-state index contributed by atoms with van der Waals surface area (Å²) in [6, 6.07) is 2.29. The summed E-state index contributed by atoms with van der Waals surface area (Å²) >= 11 is 0. The van der Waals surface area contributed by atoms with E-state index >= 15 is 0 Å². The molecule has 0 amide bonds. The molecule has 0 bridgehead atoms. The second-order valence-corrected chi connectivity index (χ2v) is 7.81. The van der Waals surface area contributed by atoms with E-state index in [1.165, 1.54) is 50.5 Å². The van der Waals surface area contributed by atoms with Crippen molar-refractivity contribution in [1.82, 2.24) is 5.48 Å². The van der Waals surface area contributed by atoms with E-state index in [9.17, 15) is 10.0 Å². The fourth-order valence-corrected chi connectivity index (χ4v) is 4.46. The van der Waals surface area contributed by atoms with Crippen LogP contribution in [0.15, 0.2) is 23.0 Å². The molecule has 0 aliphatic heterocycles. The lowest BCUT2D eigenvalue weighted by molar-refractivity contribution is -0.137. The predicted octanol–water partition coefficient (Wildman–Crippen LogP) is 5.18. The molecule has 1 heterocycles. The number of carboxylic acids is 1. The van der Waals surface area contributed by atoms with Gasteiger partial charge in [0.2, 0.25) is 0 Å². The molecule has 1 fully saturated rings. The summed E-state index contributed by atoms with van der Waals surface area (Å²) in [4.78, 5) is 10.5. The van der Waals surface area contributed by atoms with Gasteiger partial charge in [-0.05, 0) is 62.0 Å². The molecule has 0 spiro atoms. The largest absolute Gasteiger partial charge is 0.481 e. The molecule has 1 aliphatic rings. The van der Waals surface area contributed by atoms with E-state index in [0.717, 1.165) is 32.1 Å². The van der Waals surface area contributed by atoms with Crippen molar-refractivity contribution in [2.45, 2.75) is 89.5 Å². The summed E-state index contributed by atoms with van der Waals surface area (Å²) in [5.41, 5.74) is 3.83. The molecule has 3 N–H and O–H groups in total. The lowest BCUT2D eigenvalue weighted by Gasteiger charge is -2.24. The Labute approximate surface area is 157 Å². The third kappa shape index (κ3) is 7.50. The highest BCUT2D eigenvalue weighted by Gasteiger charge is 2.34. The summed E-state index contributed by atoms with van der Waals surface area (Å²) in [6.07, 6.45) is 17.4. The van der Waals surface area contributed by atoms with E-state index in [-0.39, 0.29) is 6.04 Å². The van der Waals surface area contributed by atoms with Gasteiger partial charge in [0.1, 0.15) is 0 Å². The zero-order valence-electron chi connectivity index (χ0n) is 15.9. The average molecular weight is 366 g/mol. The molecule has 0 radical (unpaired) electrons. The SMILES string of the molecule is O=C(O)CCCCCC[C@H]1CCC(NO)[C@@H]1CCCCCc1ccoc1. The van der Waals surface area contributed by atoms with Crippen LogP contribution in [0.25, 0.3) is 0 Å². The van der Waals surface area contributed by atoms with Crippen LogP contribution in [0.4, 0.5) is 0 Å². The number of hydrogen-bond donors (Lipinski definition) is 3. The van der Waals surface area contributed by atoms with Crippen LogP contribution in [0.5, 0.6) is 0 Å². The van der Waals surface area contributed by atoms with Crippen LogP contribution in [-0.4, -0.2) is 22.3 Å². The number of aliphatic carboxylic acids is 1. The second-order valence-electron chi connectivity index (χ2n) is 7.81. The Kier molecular flexibility index (Phi) is 9.78. The standard InChI is InChI=1S/C21H35NO4/c23-21(24)11-7-2-1-5-9-18-12-13-20(22-25)19(18)10-6-3-4-8-17-14-15-26-16-17/h14-16,18-20,22,25H,1-13H2,(H,23,24)/t18-,19+,20?/m0/s1. The quantitative estimate of drug-likeness (QED) is 0.312. The van der Waals surface area contributed by atoms with Crippen molar-refractivity contribution in [1.29, 1.82) is 0 Å². The molecule has 1 aromatic heterocycles. The third-order valence-corrected chi connectivity index (χ3v) is 5.94. The van der Waals surface area contributed by atoms with E-state index in [1.54, 1.807) is 6.26 Å². The molecule has 2 rings (SSSR count). The van der Waals surface area contributed by atoms with Gasteiger partial charge in [-0.3, -0.25) is 4.79 Å². The first-order chi connectivity index (χ1) is 12.7. The molecule has 3 atom stereocenters. The van der Waals surface area contributed by atoms with Gasteiger partial charge in [0.15, 0.2) is 0 Å². The van der Waals surface area contributed by atoms with Gasteiger partial charge in [0.25, 0.3) is 0 Å². The fraction of sp³-hybridized carbons (Fsp3) is 0.762. The molecule has 0 saturated heterocycles. The van der Waals surface area contributed by atoms with E-state index in [0.29, 0.717) is 18.3 Å². The van der Waals surface area contributed by atoms with Crippen LogP contribution < -0.4 is 5.48 Å². The molecule has 148 valence electrons. The second kappa shape index (κ2) is 12.1. The summed E-state index contributed by atoms with van der Waals surface area (Å²) < 4.78 is 5.10. The van der Waals surface area contributed by atoms with Crippen LogP contribution in [0.2, 0.25) is 0 Å². The summed E-state index contributed by atoms with van der Waals surface area (Å²) in [6.45, 7) is 0. The zero-order chi connectivity index (χ0) is 18.6. The minimum Gasteiger partial charge on any atom is -0.481 e. The van der Waals surface area contributed by atoms with E-state index in [4.69, 9.17) is 9.52 Å². The number of nitrogens with one attached hydrogen (secondary N) is 1. The molecule has 0 aromatic carbocycles. The van der Waals surface area contributed by atoms with Crippen molar-refractivity contribution in [3.8, 4) is 0 Å². The third-order valence-electron chi connectivity index (χ3n) is 5.94. The predicted molar refractivity (Wildman–Crippen MR) is 101 cm³/mol. The Hall–Kier alpha value is -1.33. The van der Waals surface area contributed by atoms with Crippen LogP contribution in [0, 0.1) is 11.8 Å². The molecule has 5 heteroatoms. The van der Waals surface area contributed by atoms with Crippen LogP contribution >= 0.6 is 0 Å². The Morgan fingerprint density at radius 2 is 1.85 bits per heavy atom. The summed E-state index contributed by atoms with van der Waals surface area (Å²) in [5.74, 6) is 0.589. The Balaban J connectivity index is 1.60. The zero-order valence-corrected chi connectivity index (χ0v) is 15.9. The van der Waals surface area contributed by atoms with Crippen molar-refractivity contribution in [3.63, 3.8) is 0 Å². The number of unbranched alkanes of at least 4 members (excludes halogenated alkanes) is 5. The Bertz CT molecular complexity index is 488. The number of aryl methyl sites for hydroxylation is 1. The Morgan fingerprint density at radius 3 is 2.58 bits per heavy atom. The lowest BCUT2D eigenvalue weighted by atomic mass is 9.85. The van der Waals surface area contributed by atoms with E-state index < -0.39 is 5.97 Å². The highest BCUT2D eigenvalue weighted by Crippen LogP contribution is 2.38. The maximum Gasteiger partial charge on any atom is 0.303 e. The lowest BCUT2D eigenvalue weighted by Crippen LogP contribution is -2.31. The van der Waals surface area contributed by atoms with Gasteiger partial charge in [-0.2, -0.15) is 0 Å². The molecule has 1 aliphatic carbocycles. The van der Waals surface area contributed by atoms with Gasteiger partial charge < -0.3 is 14.7 Å². The van der Waals surface area contributed by atoms with Gasteiger partial charge in [0, 0.05) is 12.5 Å². The number of carboxylic acid groups (broad SMARTS) is 1. The minimum absolute atomic E-state index is 0.251. The van der Waals surface area contributed by atoms with Gasteiger partial charge in [-0.1, -0.05) is 38.5 Å². The van der Waals surface area contributed by atoms with Crippen LogP contribution in [0.1, 0.15) is 82.6 Å². The molecule has 1 aromatic rings. The maximum absolute atomic E-state index is 10.5. The molecule has 5 nitrogen and oxygen atoms in total. The van der Waals surface area contributed by atoms with Gasteiger partial charge in [-0.15, -0.1) is 0 Å². The van der Waals surface area contributed by atoms with Gasteiger partial charge in [-0.25, -0.2) is 5.48 Å². The van der Waals surface area contributed by atoms with Crippen molar-refractivity contribution >= 4 is 5.97 Å². The first-order valence-corrected chi connectivity index (χ1v) is 10.3. The summed E-state index contributed by atoms with van der Waals surface area (Å²) in [7, 11) is 0. The first-order valence-electron chi connectivity index (χ1n) is 10.3. The smallest absolute Gasteiger partial charge is 0.303 e. The minimum atomic E-state index is -0.689. The number of hydrogen-bond acceptors (Lipinski definition) is 4. The highest BCUT2D eigenvalue weighted by atomic mass is 16.5. The fourth-order valence-electron chi connectivity index (χ4n) is 4.46. The molecule has 1 saturated carbocycles. The van der Waals surface area contributed by atoms with Crippen molar-refractivity contribution in [2.75, 3.05) is 0 Å². The van der Waals surface area contributed by atoms with E-state index in [2.05, 4.69) is 5.48 Å². The van der Waals surface area contributed by atoms with Gasteiger partial charge >= 0.3 is 5.97 Å². The Morgan fingerprint density at radius 1 is 1.08 bits per heavy atom. The first kappa shape index (κ1) is 21.0. The molecular formula is C21H35NO4. The highest BCUT2D eigenvalue weighted by molar-refractivity contribution is 5.66. The van der Waals surface area contributed by atoms with E-state index in [1.807, 2.05) is 12.3 Å². The number of rotatable bonds is 14. The average Bonchev–Trinajstić information content (AvgIpc) is 3.27. The molecule has 26 heavy (non-hydrogen) atoms. The van der Waals surface area contributed by atoms with Crippen molar-refractivity contribution in [2.24, 2.45) is 11.8 Å². The monoisotopic (exact) mass is 365 g/mol. The maximum atomic E-state index is 10.5. The van der Waals surface area contributed by atoms with Crippen LogP contribution in [0.3, 0.4) is 0 Å². The van der Waals surface area contributed by atoms with Gasteiger partial charge in [0.05, 0.1) is 12.5 Å². The topological polar surface area (TPSA) is 82.7 Å². The number of hydroxylamine groups is 1. The number of furan rings is 1. The normalized spacial score (nSPS) is 22.7.